The minimum Gasteiger partial charge on any atom is -0.480 e. The number of hydrogen-bond donors (Lipinski definition) is 3. The molecule has 1 aliphatic rings. The number of benzene rings is 2. The summed E-state index contributed by atoms with van der Waals surface area (Å²) in [5.74, 6) is -1.97. The molecule has 2 atom stereocenters. The Kier molecular flexibility index (Phi) is 6.61. The van der Waals surface area contributed by atoms with Crippen molar-refractivity contribution in [1.29, 1.82) is 0 Å². The molecule has 1 aliphatic carbocycles. The molecule has 2 aromatic carbocycles. The first-order valence-electron chi connectivity index (χ1n) is 10.9. The summed E-state index contributed by atoms with van der Waals surface area (Å²) in [5.41, 5.74) is 8.04. The van der Waals surface area contributed by atoms with E-state index in [0.717, 1.165) is 29.3 Å². The van der Waals surface area contributed by atoms with Gasteiger partial charge in [0, 0.05) is 16.9 Å². The first-order chi connectivity index (χ1) is 15.7. The van der Waals surface area contributed by atoms with Crippen LogP contribution in [0.3, 0.4) is 0 Å². The Morgan fingerprint density at radius 2 is 1.76 bits per heavy atom. The molecule has 1 amide bonds. The summed E-state index contributed by atoms with van der Waals surface area (Å²) in [4.78, 5) is 29.4. The van der Waals surface area contributed by atoms with E-state index in [1.54, 1.807) is 25.1 Å². The SMILES string of the molecule is CC(c1ccc2nc(-c3c(Cl)cccc3Cl)ccc2c1)C(NC(=O)C1(N)CCCC1)C(=O)O. The number of hydrogen-bond acceptors (Lipinski definition) is 4. The molecule has 6 nitrogen and oxygen atoms in total. The number of nitrogens with one attached hydrogen (secondary N) is 1. The zero-order valence-corrected chi connectivity index (χ0v) is 19.7. The monoisotopic (exact) mass is 485 g/mol. The minimum atomic E-state index is -1.10. The van der Waals surface area contributed by atoms with Gasteiger partial charge in [0.05, 0.1) is 26.8 Å². The van der Waals surface area contributed by atoms with Crippen LogP contribution in [0.25, 0.3) is 22.2 Å². The number of rotatable bonds is 6. The average Bonchev–Trinajstić information content (AvgIpc) is 3.24. The lowest BCUT2D eigenvalue weighted by Crippen LogP contribution is -2.57. The van der Waals surface area contributed by atoms with Gasteiger partial charge in [-0.05, 0) is 48.7 Å². The lowest BCUT2D eigenvalue weighted by Gasteiger charge is -2.28. The predicted octanol–water partition coefficient (Wildman–Crippen LogP) is 5.15. The van der Waals surface area contributed by atoms with Gasteiger partial charge in [0.15, 0.2) is 0 Å². The number of amides is 1. The molecule has 2 unspecified atom stereocenters. The smallest absolute Gasteiger partial charge is 0.326 e. The van der Waals surface area contributed by atoms with Crippen molar-refractivity contribution in [1.82, 2.24) is 10.3 Å². The molecule has 1 heterocycles. The molecule has 172 valence electrons. The molecule has 1 saturated carbocycles. The van der Waals surface area contributed by atoms with Gasteiger partial charge in [-0.3, -0.25) is 4.79 Å². The highest BCUT2D eigenvalue weighted by Crippen LogP contribution is 2.35. The number of aromatic nitrogens is 1. The van der Waals surface area contributed by atoms with Crippen LogP contribution < -0.4 is 11.1 Å². The molecule has 0 aliphatic heterocycles. The lowest BCUT2D eigenvalue weighted by atomic mass is 9.90. The van der Waals surface area contributed by atoms with Gasteiger partial charge < -0.3 is 16.2 Å². The Hall–Kier alpha value is -2.67. The maximum Gasteiger partial charge on any atom is 0.326 e. The van der Waals surface area contributed by atoms with Crippen LogP contribution in [-0.4, -0.2) is 33.5 Å². The van der Waals surface area contributed by atoms with Gasteiger partial charge >= 0.3 is 5.97 Å². The van der Waals surface area contributed by atoms with E-state index in [2.05, 4.69) is 10.3 Å². The van der Waals surface area contributed by atoms with Crippen molar-refractivity contribution in [3.8, 4) is 11.3 Å². The largest absolute Gasteiger partial charge is 0.480 e. The fourth-order valence-corrected chi connectivity index (χ4v) is 5.01. The van der Waals surface area contributed by atoms with Gasteiger partial charge in [-0.1, -0.05) is 61.2 Å². The van der Waals surface area contributed by atoms with E-state index in [4.69, 9.17) is 28.9 Å². The number of carboxylic acids is 1. The molecule has 1 fully saturated rings. The van der Waals surface area contributed by atoms with E-state index < -0.39 is 29.4 Å². The maximum atomic E-state index is 12.7. The van der Waals surface area contributed by atoms with Crippen molar-refractivity contribution in [2.75, 3.05) is 0 Å². The predicted molar refractivity (Wildman–Crippen MR) is 131 cm³/mol. The Morgan fingerprint density at radius 1 is 1.09 bits per heavy atom. The van der Waals surface area contributed by atoms with Crippen LogP contribution in [0.2, 0.25) is 10.0 Å². The highest BCUT2D eigenvalue weighted by molar-refractivity contribution is 6.39. The Bertz CT molecular complexity index is 1200. The minimum absolute atomic E-state index is 0.400. The third-order valence-electron chi connectivity index (χ3n) is 6.46. The number of halogens is 2. The molecule has 3 aromatic rings. The molecule has 0 bridgehead atoms. The second-order valence-electron chi connectivity index (χ2n) is 8.69. The molecule has 4 rings (SSSR count). The molecule has 0 saturated heterocycles. The molecule has 33 heavy (non-hydrogen) atoms. The third kappa shape index (κ3) is 4.69. The highest BCUT2D eigenvalue weighted by Gasteiger charge is 2.40. The van der Waals surface area contributed by atoms with Crippen molar-refractivity contribution in [3.63, 3.8) is 0 Å². The Morgan fingerprint density at radius 3 is 2.39 bits per heavy atom. The number of fused-ring (bicyclic) bond motifs is 1. The van der Waals surface area contributed by atoms with Gasteiger partial charge in [-0.15, -0.1) is 0 Å². The number of nitrogens with two attached hydrogens (primary N) is 1. The number of carbonyl (C=O) groups is 2. The van der Waals surface area contributed by atoms with Crippen molar-refractivity contribution >= 4 is 46.0 Å². The number of nitrogens with zero attached hydrogens (tertiary/aromatic N) is 1. The van der Waals surface area contributed by atoms with Crippen LogP contribution in [0.15, 0.2) is 48.5 Å². The topological polar surface area (TPSA) is 105 Å². The summed E-state index contributed by atoms with van der Waals surface area (Å²) in [7, 11) is 0. The van der Waals surface area contributed by atoms with Crippen molar-refractivity contribution in [3.05, 3.63) is 64.1 Å². The number of pyridine rings is 1. The van der Waals surface area contributed by atoms with E-state index >= 15 is 0 Å². The van der Waals surface area contributed by atoms with Crippen LogP contribution in [-0.2, 0) is 9.59 Å². The molecular weight excluding hydrogens is 461 g/mol. The van der Waals surface area contributed by atoms with Crippen molar-refractivity contribution < 1.29 is 14.7 Å². The van der Waals surface area contributed by atoms with Gasteiger partial charge in [0.1, 0.15) is 6.04 Å². The van der Waals surface area contributed by atoms with E-state index in [0.29, 0.717) is 34.1 Å². The van der Waals surface area contributed by atoms with Gasteiger partial charge in [0.25, 0.3) is 0 Å². The number of aliphatic carboxylic acids is 1. The van der Waals surface area contributed by atoms with Crippen molar-refractivity contribution in [2.45, 2.75) is 50.1 Å². The Balaban J connectivity index is 1.61. The fourth-order valence-electron chi connectivity index (χ4n) is 4.42. The Labute approximate surface area is 202 Å². The normalized spacial score (nSPS) is 17.0. The molecule has 4 N–H and O–H groups in total. The fraction of sp³-hybridized carbons (Fsp3) is 0.320. The van der Waals surface area contributed by atoms with E-state index in [1.165, 1.54) is 0 Å². The van der Waals surface area contributed by atoms with Gasteiger partial charge in [-0.2, -0.15) is 0 Å². The van der Waals surface area contributed by atoms with Crippen LogP contribution in [0.1, 0.15) is 44.1 Å². The number of carbonyl (C=O) groups excluding carboxylic acids is 1. The summed E-state index contributed by atoms with van der Waals surface area (Å²) in [6.45, 7) is 1.78. The summed E-state index contributed by atoms with van der Waals surface area (Å²) in [6.07, 6.45) is 2.88. The molecule has 1 aromatic heterocycles. The summed E-state index contributed by atoms with van der Waals surface area (Å²) < 4.78 is 0. The summed E-state index contributed by atoms with van der Waals surface area (Å²) in [6, 6.07) is 13.5. The third-order valence-corrected chi connectivity index (χ3v) is 7.09. The maximum absolute atomic E-state index is 12.7. The van der Waals surface area contributed by atoms with E-state index in [1.807, 2.05) is 30.3 Å². The quantitative estimate of drug-likeness (QED) is 0.447. The number of carboxylic acid groups (broad SMARTS) is 1. The van der Waals surface area contributed by atoms with E-state index in [-0.39, 0.29) is 0 Å². The second-order valence-corrected chi connectivity index (χ2v) is 9.50. The van der Waals surface area contributed by atoms with Gasteiger partial charge in [0.2, 0.25) is 5.91 Å². The van der Waals surface area contributed by atoms with Crippen LogP contribution in [0.5, 0.6) is 0 Å². The van der Waals surface area contributed by atoms with Crippen LogP contribution in [0.4, 0.5) is 0 Å². The zero-order chi connectivity index (χ0) is 23.8. The molecule has 0 radical (unpaired) electrons. The first kappa shape index (κ1) is 23.5. The lowest BCUT2D eigenvalue weighted by molar-refractivity contribution is -0.143. The van der Waals surface area contributed by atoms with Crippen LogP contribution >= 0.6 is 23.2 Å². The zero-order valence-electron chi connectivity index (χ0n) is 18.1. The molecule has 8 heteroatoms. The van der Waals surface area contributed by atoms with Crippen molar-refractivity contribution in [2.24, 2.45) is 5.73 Å². The van der Waals surface area contributed by atoms with Gasteiger partial charge in [-0.25, -0.2) is 9.78 Å². The second kappa shape index (κ2) is 9.29. The molecular formula is C25H25Cl2N3O3. The summed E-state index contributed by atoms with van der Waals surface area (Å²) >= 11 is 12.6. The highest BCUT2D eigenvalue weighted by atomic mass is 35.5. The van der Waals surface area contributed by atoms with Crippen LogP contribution in [0, 0.1) is 0 Å². The van der Waals surface area contributed by atoms with E-state index in [9.17, 15) is 14.7 Å². The average molecular weight is 486 g/mol. The standard InChI is InChI=1S/C25H25Cl2N3O3/c1-14(22(23(31)32)30-24(33)25(28)11-2-3-12-25)15-7-9-19-16(13-15)8-10-20(29-19)21-17(26)5-4-6-18(21)27/h4-10,13-14,22H,2-3,11-12,28H2,1H3,(H,30,33)(H,31,32). The first-order valence-corrected chi connectivity index (χ1v) is 11.6. The molecule has 0 spiro atoms. The summed E-state index contributed by atoms with van der Waals surface area (Å²) in [5, 5.41) is 14.4.